The van der Waals surface area contributed by atoms with E-state index in [9.17, 15) is 9.18 Å². The minimum atomic E-state index is -1.29. The van der Waals surface area contributed by atoms with Gasteiger partial charge in [-0.05, 0) is 31.9 Å². The zero-order valence-corrected chi connectivity index (χ0v) is 15.3. The molecule has 0 spiro atoms. The van der Waals surface area contributed by atoms with Crippen LogP contribution in [0.15, 0.2) is 35.4 Å². The van der Waals surface area contributed by atoms with Crippen LogP contribution in [0.3, 0.4) is 0 Å². The first-order valence-corrected chi connectivity index (χ1v) is 8.60. The molecule has 26 heavy (non-hydrogen) atoms. The summed E-state index contributed by atoms with van der Waals surface area (Å²) < 4.78 is 25.6. The van der Waals surface area contributed by atoms with Crippen LogP contribution in [0.2, 0.25) is 0 Å². The number of alkyl halides is 1. The molecular weight excluding hydrogens is 339 g/mol. The first kappa shape index (κ1) is 20.0. The van der Waals surface area contributed by atoms with E-state index in [2.05, 4.69) is 10.0 Å². The summed E-state index contributed by atoms with van der Waals surface area (Å²) >= 11 is 0. The zero-order chi connectivity index (χ0) is 19.2. The van der Waals surface area contributed by atoms with Gasteiger partial charge in [0, 0.05) is 17.9 Å². The number of hydrogen-bond donors (Lipinski definition) is 0. The number of rotatable bonds is 4. The van der Waals surface area contributed by atoms with Gasteiger partial charge in [0.2, 0.25) is 0 Å². The molecule has 1 amide bonds. The first-order chi connectivity index (χ1) is 12.3. The lowest BCUT2D eigenvalue weighted by molar-refractivity contribution is 0.00886. The highest BCUT2D eigenvalue weighted by Crippen LogP contribution is 2.23. The van der Waals surface area contributed by atoms with E-state index in [1.165, 1.54) is 4.90 Å². The molecule has 8 heteroatoms. The summed E-state index contributed by atoms with van der Waals surface area (Å²) in [6.07, 6.45) is -2.48. The molecule has 1 aliphatic rings. The number of carbonyl (C=O) groups is 1. The third-order valence-electron chi connectivity index (χ3n) is 3.90. The standard InChI is InChI=1S/C18H25FN4O3/c1-18(2,3)26-17(24)23-10-14(19)9-16(15(11-23)21-22-20)25-12-13-7-5-4-6-8-13/h4-8,14-16H,9-12H2,1-3H3/t14-,15-,16-/m1/s1. The van der Waals surface area contributed by atoms with Gasteiger partial charge < -0.3 is 14.4 Å². The Kier molecular flexibility index (Phi) is 6.83. The Hall–Kier alpha value is -2.31. The van der Waals surface area contributed by atoms with Gasteiger partial charge in [0.05, 0.1) is 25.3 Å². The molecule has 7 nitrogen and oxygen atoms in total. The summed E-state index contributed by atoms with van der Waals surface area (Å²) in [4.78, 5) is 16.4. The predicted molar refractivity (Wildman–Crippen MR) is 95.3 cm³/mol. The Morgan fingerprint density at radius 1 is 1.35 bits per heavy atom. The summed E-state index contributed by atoms with van der Waals surface area (Å²) in [7, 11) is 0. The van der Waals surface area contributed by atoms with Gasteiger partial charge >= 0.3 is 6.09 Å². The molecule has 1 aromatic carbocycles. The number of azide groups is 1. The fourth-order valence-electron chi connectivity index (χ4n) is 2.75. The molecule has 0 aromatic heterocycles. The molecule has 0 unspecified atom stereocenters. The molecule has 0 saturated carbocycles. The van der Waals surface area contributed by atoms with E-state index in [1.54, 1.807) is 20.8 Å². The van der Waals surface area contributed by atoms with Crippen LogP contribution in [-0.2, 0) is 16.1 Å². The van der Waals surface area contributed by atoms with Crippen molar-refractivity contribution >= 4 is 6.09 Å². The topological polar surface area (TPSA) is 87.5 Å². The van der Waals surface area contributed by atoms with E-state index in [0.29, 0.717) is 0 Å². The van der Waals surface area contributed by atoms with Crippen LogP contribution >= 0.6 is 0 Å². The van der Waals surface area contributed by atoms with Crippen molar-refractivity contribution in [1.29, 1.82) is 0 Å². The van der Waals surface area contributed by atoms with E-state index in [0.717, 1.165) is 5.56 Å². The minimum absolute atomic E-state index is 0.0514. The van der Waals surface area contributed by atoms with E-state index in [1.807, 2.05) is 30.3 Å². The van der Waals surface area contributed by atoms with Crippen molar-refractivity contribution in [2.24, 2.45) is 5.11 Å². The van der Waals surface area contributed by atoms with Crippen molar-refractivity contribution in [1.82, 2.24) is 4.90 Å². The van der Waals surface area contributed by atoms with Crippen molar-refractivity contribution in [3.05, 3.63) is 46.3 Å². The monoisotopic (exact) mass is 364 g/mol. The molecule has 1 aromatic rings. The highest BCUT2D eigenvalue weighted by molar-refractivity contribution is 5.68. The van der Waals surface area contributed by atoms with Crippen molar-refractivity contribution in [2.75, 3.05) is 13.1 Å². The fourth-order valence-corrected chi connectivity index (χ4v) is 2.75. The number of amides is 1. The third kappa shape index (κ3) is 6.20. The molecule has 1 saturated heterocycles. The molecule has 142 valence electrons. The molecule has 3 atom stereocenters. The molecule has 0 bridgehead atoms. The number of likely N-dealkylation sites (tertiary alicyclic amines) is 1. The van der Waals surface area contributed by atoms with Crippen LogP contribution in [-0.4, -0.2) is 48.0 Å². The lowest BCUT2D eigenvalue weighted by atomic mass is 10.1. The van der Waals surface area contributed by atoms with E-state index in [4.69, 9.17) is 15.0 Å². The molecule has 1 aliphatic heterocycles. The average molecular weight is 364 g/mol. The van der Waals surface area contributed by atoms with Crippen LogP contribution < -0.4 is 0 Å². The lowest BCUT2D eigenvalue weighted by Gasteiger charge is -2.28. The number of halogens is 1. The van der Waals surface area contributed by atoms with Crippen LogP contribution in [0, 0.1) is 0 Å². The molecule has 1 fully saturated rings. The van der Waals surface area contributed by atoms with Crippen molar-refractivity contribution in [2.45, 2.75) is 57.7 Å². The van der Waals surface area contributed by atoms with Crippen LogP contribution in [0.5, 0.6) is 0 Å². The van der Waals surface area contributed by atoms with Crippen molar-refractivity contribution in [3.8, 4) is 0 Å². The third-order valence-corrected chi connectivity index (χ3v) is 3.90. The second-order valence-electron chi connectivity index (χ2n) is 7.33. The normalized spacial score (nSPS) is 23.7. The van der Waals surface area contributed by atoms with Gasteiger partial charge in [-0.1, -0.05) is 35.4 Å². The van der Waals surface area contributed by atoms with Crippen molar-refractivity contribution < 1.29 is 18.7 Å². The van der Waals surface area contributed by atoms with Crippen LogP contribution in [0.4, 0.5) is 9.18 Å². The average Bonchev–Trinajstić information content (AvgIpc) is 2.72. The number of ether oxygens (including phenoxy) is 2. The van der Waals surface area contributed by atoms with Crippen LogP contribution in [0.1, 0.15) is 32.8 Å². The highest BCUT2D eigenvalue weighted by atomic mass is 19.1. The SMILES string of the molecule is CC(C)(C)OC(=O)N1C[C@H](F)C[C@@H](OCc2ccccc2)[C@H](N=[N+]=[N-])C1. The summed E-state index contributed by atoms with van der Waals surface area (Å²) in [5.74, 6) is 0. The lowest BCUT2D eigenvalue weighted by Crippen LogP contribution is -2.42. The fraction of sp³-hybridized carbons (Fsp3) is 0.611. The summed E-state index contributed by atoms with van der Waals surface area (Å²) in [5, 5.41) is 3.74. The van der Waals surface area contributed by atoms with Gasteiger partial charge in [-0.15, -0.1) is 0 Å². The van der Waals surface area contributed by atoms with E-state index >= 15 is 0 Å². The molecular formula is C18H25FN4O3. The molecule has 0 aliphatic carbocycles. The second kappa shape index (κ2) is 8.87. The Bertz CT molecular complexity index is 644. The zero-order valence-electron chi connectivity index (χ0n) is 15.3. The molecule has 0 radical (unpaired) electrons. The van der Waals surface area contributed by atoms with E-state index in [-0.39, 0.29) is 26.1 Å². The maximum Gasteiger partial charge on any atom is 0.410 e. The van der Waals surface area contributed by atoms with Gasteiger partial charge in [-0.25, -0.2) is 9.18 Å². The number of nitrogens with zero attached hydrogens (tertiary/aromatic N) is 4. The highest BCUT2D eigenvalue weighted by Gasteiger charge is 2.35. The Morgan fingerprint density at radius 3 is 2.65 bits per heavy atom. The molecule has 1 heterocycles. The van der Waals surface area contributed by atoms with Crippen LogP contribution in [0.25, 0.3) is 10.4 Å². The molecule has 2 rings (SSSR count). The van der Waals surface area contributed by atoms with Crippen molar-refractivity contribution in [3.63, 3.8) is 0 Å². The maximum atomic E-state index is 14.4. The second-order valence-corrected chi connectivity index (χ2v) is 7.33. The largest absolute Gasteiger partial charge is 0.444 e. The summed E-state index contributed by atoms with van der Waals surface area (Å²) in [6, 6.07) is 8.79. The Morgan fingerprint density at radius 2 is 2.04 bits per heavy atom. The van der Waals surface area contributed by atoms with Gasteiger partial charge in [0.25, 0.3) is 0 Å². The maximum absolute atomic E-state index is 14.4. The Labute approximate surface area is 152 Å². The number of benzene rings is 1. The molecule has 0 N–H and O–H groups in total. The smallest absolute Gasteiger partial charge is 0.410 e. The van der Waals surface area contributed by atoms with Gasteiger partial charge in [0.1, 0.15) is 11.8 Å². The summed E-state index contributed by atoms with van der Waals surface area (Å²) in [6.45, 7) is 5.45. The quantitative estimate of drug-likeness (QED) is 0.455. The van der Waals surface area contributed by atoms with Gasteiger partial charge in [0.15, 0.2) is 0 Å². The van der Waals surface area contributed by atoms with E-state index < -0.39 is 30.0 Å². The summed E-state index contributed by atoms with van der Waals surface area (Å²) in [5.41, 5.74) is 9.12. The Balaban J connectivity index is 2.09. The number of hydrogen-bond acceptors (Lipinski definition) is 4. The first-order valence-electron chi connectivity index (χ1n) is 8.60. The number of carbonyl (C=O) groups excluding carboxylic acids is 1. The van der Waals surface area contributed by atoms with Gasteiger partial charge in [-0.2, -0.15) is 0 Å². The minimum Gasteiger partial charge on any atom is -0.444 e. The van der Waals surface area contributed by atoms with Gasteiger partial charge in [-0.3, -0.25) is 0 Å². The predicted octanol–water partition coefficient (Wildman–Crippen LogP) is 4.23.